The van der Waals surface area contributed by atoms with Gasteiger partial charge >= 0.3 is 0 Å². The van der Waals surface area contributed by atoms with Crippen molar-refractivity contribution in [2.45, 2.75) is 12.8 Å². The molecule has 0 amide bonds. The maximum absolute atomic E-state index is 11.4. The van der Waals surface area contributed by atoms with Crippen molar-refractivity contribution < 1.29 is 13.0 Å². The van der Waals surface area contributed by atoms with Crippen molar-refractivity contribution in [1.29, 1.82) is 0 Å². The number of nitrogens with two attached hydrogens (primary N) is 1. The maximum Gasteiger partial charge on any atom is 0.264 e. The van der Waals surface area contributed by atoms with Gasteiger partial charge in [0.2, 0.25) is 15.7 Å². The van der Waals surface area contributed by atoms with E-state index in [0.717, 1.165) is 57.8 Å². The minimum Gasteiger partial charge on any atom is -0.253 e. The second-order valence-electron chi connectivity index (χ2n) is 9.68. The number of nitrogens with zero attached hydrogens (tertiary/aromatic N) is 4. The molecule has 182 valence electrons. The SMILES string of the molecule is CS(=O)(=O)NCC1CC(C2=C3C=NC=C[N+]3(N)C(c3ccc4ccc(-c5ccccc5)nc4c3)=N2)C1. The van der Waals surface area contributed by atoms with Crippen LogP contribution in [0.15, 0.2) is 94.4 Å². The van der Waals surface area contributed by atoms with E-state index in [4.69, 9.17) is 15.8 Å². The van der Waals surface area contributed by atoms with Gasteiger partial charge in [-0.15, -0.1) is 4.59 Å². The number of aliphatic imine (C=N–C) groups is 2. The molecule has 0 spiro atoms. The number of rotatable bonds is 6. The normalized spacial score (nSPS) is 25.1. The van der Waals surface area contributed by atoms with Crippen molar-refractivity contribution in [2.75, 3.05) is 12.8 Å². The van der Waals surface area contributed by atoms with Crippen LogP contribution >= 0.6 is 0 Å². The lowest BCUT2D eigenvalue weighted by Crippen LogP contribution is -2.53. The Kier molecular flexibility index (Phi) is 5.45. The van der Waals surface area contributed by atoms with E-state index in [-0.39, 0.29) is 16.4 Å². The Morgan fingerprint density at radius 2 is 1.83 bits per heavy atom. The zero-order valence-corrected chi connectivity index (χ0v) is 20.7. The van der Waals surface area contributed by atoms with Gasteiger partial charge in [0.15, 0.2) is 0 Å². The first-order valence-corrected chi connectivity index (χ1v) is 13.8. The van der Waals surface area contributed by atoms with Crippen LogP contribution in [0.5, 0.6) is 0 Å². The molecular weight excluding hydrogens is 472 g/mol. The lowest BCUT2D eigenvalue weighted by Gasteiger charge is -2.35. The number of nitrogens with one attached hydrogen (secondary N) is 1. The van der Waals surface area contributed by atoms with E-state index in [2.05, 4.69) is 34.0 Å². The number of benzene rings is 2. The number of aromatic nitrogens is 1. The van der Waals surface area contributed by atoms with Gasteiger partial charge in [-0.3, -0.25) is 4.99 Å². The number of sulfonamides is 1. The first-order chi connectivity index (χ1) is 17.3. The van der Waals surface area contributed by atoms with Crippen LogP contribution in [0.1, 0.15) is 18.4 Å². The number of fused-ring (bicyclic) bond motifs is 2. The molecule has 36 heavy (non-hydrogen) atoms. The molecule has 1 aliphatic carbocycles. The molecule has 3 aromatic rings. The van der Waals surface area contributed by atoms with Crippen molar-refractivity contribution in [1.82, 2.24) is 9.71 Å². The lowest BCUT2D eigenvalue weighted by molar-refractivity contribution is -0.750. The van der Waals surface area contributed by atoms with Crippen molar-refractivity contribution in [3.8, 4) is 11.3 Å². The molecule has 1 aromatic heterocycles. The molecule has 0 saturated heterocycles. The van der Waals surface area contributed by atoms with Gasteiger partial charge in [-0.25, -0.2) is 18.1 Å². The molecule has 1 fully saturated rings. The van der Waals surface area contributed by atoms with Crippen molar-refractivity contribution in [3.05, 3.63) is 90.0 Å². The lowest BCUT2D eigenvalue weighted by atomic mass is 9.73. The molecule has 1 unspecified atom stereocenters. The van der Waals surface area contributed by atoms with Gasteiger partial charge in [0.1, 0.15) is 11.9 Å². The van der Waals surface area contributed by atoms with E-state index in [1.54, 1.807) is 12.4 Å². The van der Waals surface area contributed by atoms with Crippen LogP contribution in [0, 0.1) is 11.8 Å². The van der Waals surface area contributed by atoms with Gasteiger partial charge in [-0.05, 0) is 37.0 Å². The van der Waals surface area contributed by atoms with Crippen molar-refractivity contribution in [2.24, 2.45) is 27.7 Å². The smallest absolute Gasteiger partial charge is 0.253 e. The predicted molar refractivity (Wildman–Crippen MR) is 142 cm³/mol. The minimum atomic E-state index is -3.19. The Bertz CT molecular complexity index is 1590. The Hall–Kier alpha value is -3.50. The number of quaternary nitrogens is 1. The Morgan fingerprint density at radius 1 is 1.06 bits per heavy atom. The highest BCUT2D eigenvalue weighted by molar-refractivity contribution is 7.88. The van der Waals surface area contributed by atoms with Crippen LogP contribution in [0.3, 0.4) is 0 Å². The average Bonchev–Trinajstić information content (AvgIpc) is 3.15. The summed E-state index contributed by atoms with van der Waals surface area (Å²) in [6.45, 7) is 0.450. The minimum absolute atomic E-state index is 0.0362. The topological polar surface area (TPSA) is 110 Å². The zero-order chi connectivity index (χ0) is 24.9. The Balaban J connectivity index is 1.33. The summed E-state index contributed by atoms with van der Waals surface area (Å²) in [6, 6.07) is 20.4. The van der Waals surface area contributed by atoms with Crippen LogP contribution < -0.4 is 10.6 Å². The third kappa shape index (κ3) is 4.10. The summed E-state index contributed by atoms with van der Waals surface area (Å²) >= 11 is 0. The number of pyridine rings is 1. The van der Waals surface area contributed by atoms with Crippen molar-refractivity contribution in [3.63, 3.8) is 0 Å². The molecular formula is C27H27N6O2S+. The highest BCUT2D eigenvalue weighted by atomic mass is 32.2. The van der Waals surface area contributed by atoms with E-state index in [0.29, 0.717) is 6.54 Å². The monoisotopic (exact) mass is 499 g/mol. The highest BCUT2D eigenvalue weighted by Gasteiger charge is 2.48. The summed E-state index contributed by atoms with van der Waals surface area (Å²) in [5.74, 6) is 8.15. The maximum atomic E-state index is 11.4. The molecule has 1 atom stereocenters. The molecule has 1 saturated carbocycles. The van der Waals surface area contributed by atoms with Gasteiger partial charge in [-0.1, -0.05) is 42.5 Å². The molecule has 8 nitrogen and oxygen atoms in total. The van der Waals surface area contributed by atoms with Gasteiger partial charge in [0.05, 0.1) is 35.4 Å². The summed E-state index contributed by atoms with van der Waals surface area (Å²) in [4.78, 5) is 14.3. The molecule has 9 heteroatoms. The summed E-state index contributed by atoms with van der Waals surface area (Å²) in [5, 5.41) is 1.05. The zero-order valence-electron chi connectivity index (χ0n) is 19.9. The van der Waals surface area contributed by atoms with E-state index in [1.807, 2.05) is 42.6 Å². The fourth-order valence-corrected chi connectivity index (χ4v) is 5.67. The predicted octanol–water partition coefficient (Wildman–Crippen LogP) is 3.70. The number of allylic oxidation sites excluding steroid dienone is 2. The first-order valence-electron chi connectivity index (χ1n) is 11.9. The van der Waals surface area contributed by atoms with E-state index >= 15 is 0 Å². The van der Waals surface area contributed by atoms with Crippen LogP contribution in [-0.4, -0.2) is 42.8 Å². The van der Waals surface area contributed by atoms with E-state index < -0.39 is 10.0 Å². The number of amidine groups is 1. The van der Waals surface area contributed by atoms with Gasteiger partial charge in [0, 0.05) is 23.4 Å². The Morgan fingerprint density at radius 3 is 2.61 bits per heavy atom. The number of hydrogen-bond donors (Lipinski definition) is 2. The molecule has 3 aliphatic rings. The van der Waals surface area contributed by atoms with E-state index in [9.17, 15) is 8.42 Å². The molecule has 2 aromatic carbocycles. The molecule has 0 radical (unpaired) electrons. The summed E-state index contributed by atoms with van der Waals surface area (Å²) in [5.41, 5.74) is 5.56. The fraction of sp³-hybridized carbons (Fsp3) is 0.222. The molecule has 0 bridgehead atoms. The number of hydrogen-bond acceptors (Lipinski definition) is 6. The molecule has 6 rings (SSSR count). The summed E-state index contributed by atoms with van der Waals surface area (Å²) in [7, 11) is -3.19. The quantitative estimate of drug-likeness (QED) is 0.398. The van der Waals surface area contributed by atoms with Crippen LogP contribution in [-0.2, 0) is 10.0 Å². The van der Waals surface area contributed by atoms with E-state index in [1.165, 1.54) is 6.26 Å². The summed E-state index contributed by atoms with van der Waals surface area (Å²) in [6.07, 6.45) is 8.24. The van der Waals surface area contributed by atoms with Gasteiger partial charge in [-0.2, -0.15) is 10.8 Å². The van der Waals surface area contributed by atoms with Crippen molar-refractivity contribution >= 4 is 33.0 Å². The molecule has 3 heterocycles. The summed E-state index contributed by atoms with van der Waals surface area (Å²) < 4.78 is 25.5. The fourth-order valence-electron chi connectivity index (χ4n) is 5.13. The van der Waals surface area contributed by atoms with Crippen LogP contribution in [0.25, 0.3) is 22.2 Å². The Labute approximate surface area is 210 Å². The van der Waals surface area contributed by atoms with Gasteiger partial charge < -0.3 is 0 Å². The third-order valence-corrected chi connectivity index (χ3v) is 7.79. The second-order valence-corrected chi connectivity index (χ2v) is 11.5. The van der Waals surface area contributed by atoms with Gasteiger partial charge in [0.25, 0.3) is 5.84 Å². The molecule has 2 aliphatic heterocycles. The van der Waals surface area contributed by atoms with Crippen LogP contribution in [0.4, 0.5) is 0 Å². The highest BCUT2D eigenvalue weighted by Crippen LogP contribution is 2.44. The average molecular weight is 500 g/mol. The standard InChI is InChI=1S/C27H27N6O2S/c1-36(34,35)30-16-18-13-22(14-18)26-25-17-29-11-12-33(25,28)27(32-26)21-8-7-20-9-10-23(31-24(20)15-21)19-5-3-2-4-6-19/h2-12,15,17-18,22,30H,13-14,16,28H2,1H3/q+1. The third-order valence-electron chi connectivity index (χ3n) is 7.10. The second kappa shape index (κ2) is 8.56. The first kappa shape index (κ1) is 22.9. The molecule has 3 N–H and O–H groups in total. The largest absolute Gasteiger partial charge is 0.264 e. The van der Waals surface area contributed by atoms with Crippen LogP contribution in [0.2, 0.25) is 0 Å².